The lowest BCUT2D eigenvalue weighted by molar-refractivity contribution is -0.144. The van der Waals surface area contributed by atoms with Crippen molar-refractivity contribution in [1.29, 1.82) is 0 Å². The van der Waals surface area contributed by atoms with Gasteiger partial charge in [-0.1, -0.05) is 69.6 Å². The Hall–Kier alpha value is -3.77. The quantitative estimate of drug-likeness (QED) is 0.176. The molecular weight excluding hydrogens is 636 g/mol. The van der Waals surface area contributed by atoms with E-state index in [0.717, 1.165) is 10.6 Å². The van der Waals surface area contributed by atoms with Gasteiger partial charge in [-0.15, -0.1) is 0 Å². The van der Waals surface area contributed by atoms with E-state index in [-0.39, 0.29) is 29.4 Å². The molecule has 3 amide bonds. The predicted molar refractivity (Wildman–Crippen MR) is 178 cm³/mol. The number of hydrogen-bond donors (Lipinski definition) is 4. The number of aryl methyl sites for hydroxylation is 1. The molecule has 0 saturated heterocycles. The molecule has 3 aromatic rings. The van der Waals surface area contributed by atoms with Crippen LogP contribution >= 0.6 is 23.8 Å². The molecule has 3 unspecified atom stereocenters. The van der Waals surface area contributed by atoms with E-state index in [9.17, 15) is 28.3 Å². The molecule has 1 aliphatic carbocycles. The number of aromatic nitrogens is 1. The number of amides is 3. The lowest BCUT2D eigenvalue weighted by atomic mass is 9.77. The summed E-state index contributed by atoms with van der Waals surface area (Å²) < 4.78 is 28.6. The highest BCUT2D eigenvalue weighted by Gasteiger charge is 2.48. The van der Waals surface area contributed by atoms with E-state index in [2.05, 4.69) is 10.3 Å². The summed E-state index contributed by atoms with van der Waals surface area (Å²) in [6.07, 6.45) is 0.707. The van der Waals surface area contributed by atoms with Crippen molar-refractivity contribution in [3.63, 3.8) is 0 Å². The molecule has 0 aliphatic heterocycles. The maximum atomic E-state index is 14.6. The summed E-state index contributed by atoms with van der Waals surface area (Å²) in [5.74, 6) is -2.69. The van der Waals surface area contributed by atoms with Gasteiger partial charge in [0.05, 0.1) is 21.6 Å². The number of aromatic amines is 1. The number of fused-ring (bicyclic) bond motifs is 3. The van der Waals surface area contributed by atoms with Crippen LogP contribution in [0.4, 0.5) is 13.6 Å². The Morgan fingerprint density at radius 1 is 1.20 bits per heavy atom. The second kappa shape index (κ2) is 14.3. The van der Waals surface area contributed by atoms with Crippen LogP contribution in [0.1, 0.15) is 63.3 Å². The van der Waals surface area contributed by atoms with Gasteiger partial charge >= 0.3 is 6.09 Å². The third-order valence-electron chi connectivity index (χ3n) is 9.03. The first-order valence-corrected chi connectivity index (χ1v) is 16.1. The van der Waals surface area contributed by atoms with Crippen molar-refractivity contribution < 1.29 is 28.3 Å². The zero-order valence-electron chi connectivity index (χ0n) is 26.3. The lowest BCUT2D eigenvalue weighted by Gasteiger charge is -2.43. The fraction of sp³-hybridized carbons (Fsp3) is 0.455. The van der Waals surface area contributed by atoms with Gasteiger partial charge in [0.15, 0.2) is 0 Å². The van der Waals surface area contributed by atoms with Crippen molar-refractivity contribution in [2.45, 2.75) is 83.5 Å². The minimum absolute atomic E-state index is 0.0165. The third-order valence-corrected chi connectivity index (χ3v) is 9.60. The lowest BCUT2D eigenvalue weighted by Crippen LogP contribution is -2.66. The van der Waals surface area contributed by atoms with Gasteiger partial charge in [0, 0.05) is 31.1 Å². The standard InChI is InChI=1S/C33H40ClF2N5O4S/c1-5-8-26(29(37)46)40(4)31(43)33(12-11-25-23(16-33)22-14-21(36)15-24(34)27(22)38-25)39-30(42)28(18(3)6-2)41(32(44)45)17-19-9-7-10-20(35)13-19/h7,9-10,13-15,18,26,28,38H,5-6,8,11-12,16-17H2,1-4H3,(H2,37,46)(H,39,42)(H,44,45)/t18?,26?,28-,33?/m0/s1. The summed E-state index contributed by atoms with van der Waals surface area (Å²) in [6, 6.07) is 6.24. The van der Waals surface area contributed by atoms with Crippen LogP contribution in [0, 0.1) is 17.6 Å². The zero-order valence-corrected chi connectivity index (χ0v) is 27.9. The van der Waals surface area contributed by atoms with Crippen LogP contribution < -0.4 is 11.1 Å². The fourth-order valence-corrected chi connectivity index (χ4v) is 6.98. The number of halogens is 3. The summed E-state index contributed by atoms with van der Waals surface area (Å²) in [7, 11) is 1.58. The number of benzene rings is 2. The zero-order chi connectivity index (χ0) is 33.9. The van der Waals surface area contributed by atoms with Crippen LogP contribution in [-0.2, 0) is 29.0 Å². The summed E-state index contributed by atoms with van der Waals surface area (Å²) in [5.41, 5.74) is 6.78. The summed E-state index contributed by atoms with van der Waals surface area (Å²) in [6.45, 7) is 5.27. The summed E-state index contributed by atoms with van der Waals surface area (Å²) in [5, 5.41) is 14.0. The van der Waals surface area contributed by atoms with Gasteiger partial charge in [0.1, 0.15) is 23.2 Å². The molecule has 1 heterocycles. The van der Waals surface area contributed by atoms with E-state index in [0.29, 0.717) is 47.7 Å². The molecule has 4 atom stereocenters. The first-order chi connectivity index (χ1) is 21.7. The van der Waals surface area contributed by atoms with Gasteiger partial charge < -0.3 is 26.0 Å². The number of hydrogen-bond acceptors (Lipinski definition) is 4. The Morgan fingerprint density at radius 3 is 2.52 bits per heavy atom. The number of nitrogens with two attached hydrogens (primary N) is 1. The molecule has 46 heavy (non-hydrogen) atoms. The molecule has 0 radical (unpaired) electrons. The predicted octanol–water partition coefficient (Wildman–Crippen LogP) is 5.95. The van der Waals surface area contributed by atoms with E-state index >= 15 is 0 Å². The highest BCUT2D eigenvalue weighted by atomic mass is 35.5. The molecule has 13 heteroatoms. The molecule has 5 N–H and O–H groups in total. The van der Waals surface area contributed by atoms with Crippen LogP contribution in [0.25, 0.3) is 10.9 Å². The Balaban J connectivity index is 1.81. The van der Waals surface area contributed by atoms with Crippen molar-refractivity contribution in [1.82, 2.24) is 20.1 Å². The molecule has 0 spiro atoms. The molecule has 9 nitrogen and oxygen atoms in total. The van der Waals surface area contributed by atoms with Crippen LogP contribution in [-0.4, -0.2) is 67.5 Å². The number of likely N-dealkylation sites (N-methyl/N-ethyl adjacent to an activating group) is 1. The molecule has 2 aromatic carbocycles. The number of carbonyl (C=O) groups excluding carboxylic acids is 2. The molecule has 4 rings (SSSR count). The van der Waals surface area contributed by atoms with Gasteiger partial charge in [-0.05, 0) is 60.6 Å². The molecule has 1 aliphatic rings. The minimum atomic E-state index is -1.56. The van der Waals surface area contributed by atoms with Crippen LogP contribution in [0.3, 0.4) is 0 Å². The second-order valence-corrected chi connectivity index (χ2v) is 13.0. The topological polar surface area (TPSA) is 132 Å². The van der Waals surface area contributed by atoms with E-state index in [1.165, 1.54) is 35.2 Å². The minimum Gasteiger partial charge on any atom is -0.465 e. The number of carboxylic acid groups (broad SMARTS) is 1. The Morgan fingerprint density at radius 2 is 1.91 bits per heavy atom. The summed E-state index contributed by atoms with van der Waals surface area (Å²) in [4.78, 5) is 47.4. The number of rotatable bonds is 12. The van der Waals surface area contributed by atoms with Crippen molar-refractivity contribution in [3.8, 4) is 0 Å². The number of carbonyl (C=O) groups is 3. The van der Waals surface area contributed by atoms with E-state index in [4.69, 9.17) is 29.6 Å². The largest absolute Gasteiger partial charge is 0.465 e. The van der Waals surface area contributed by atoms with E-state index in [1.54, 1.807) is 20.0 Å². The molecule has 1 aromatic heterocycles. The highest BCUT2D eigenvalue weighted by molar-refractivity contribution is 7.80. The van der Waals surface area contributed by atoms with Gasteiger partial charge in [-0.3, -0.25) is 14.5 Å². The number of H-pyrrole nitrogens is 1. The third kappa shape index (κ3) is 7.12. The van der Waals surface area contributed by atoms with Crippen LogP contribution in [0.2, 0.25) is 5.02 Å². The van der Waals surface area contributed by atoms with Gasteiger partial charge in [-0.2, -0.15) is 0 Å². The molecule has 248 valence electrons. The van der Waals surface area contributed by atoms with Crippen LogP contribution in [0.15, 0.2) is 36.4 Å². The number of thiocarbonyl (C=S) groups is 1. The average molecular weight is 676 g/mol. The normalized spacial score (nSPS) is 17.9. The van der Waals surface area contributed by atoms with Crippen LogP contribution in [0.5, 0.6) is 0 Å². The second-order valence-electron chi connectivity index (χ2n) is 12.1. The molecule has 0 bridgehead atoms. The Labute approximate surface area is 277 Å². The van der Waals surface area contributed by atoms with E-state index < -0.39 is 53.1 Å². The molecule has 0 saturated carbocycles. The first kappa shape index (κ1) is 35.1. The average Bonchev–Trinajstić information content (AvgIpc) is 3.36. The number of nitrogens with zero attached hydrogens (tertiary/aromatic N) is 2. The van der Waals surface area contributed by atoms with Crippen molar-refractivity contribution in [2.24, 2.45) is 11.7 Å². The molecule has 0 fully saturated rings. The van der Waals surface area contributed by atoms with Crippen molar-refractivity contribution >= 4 is 57.6 Å². The fourth-order valence-electron chi connectivity index (χ4n) is 6.45. The molecular formula is C33H40ClF2N5O4S. The number of nitrogens with one attached hydrogen (secondary N) is 2. The van der Waals surface area contributed by atoms with Crippen molar-refractivity contribution in [3.05, 3.63) is 69.9 Å². The van der Waals surface area contributed by atoms with Gasteiger partial charge in [0.25, 0.3) is 0 Å². The Kier molecular flexibility index (Phi) is 10.9. The summed E-state index contributed by atoms with van der Waals surface area (Å²) >= 11 is 11.7. The van der Waals surface area contributed by atoms with Gasteiger partial charge in [0.2, 0.25) is 11.8 Å². The first-order valence-electron chi connectivity index (χ1n) is 15.3. The Bertz CT molecular complexity index is 1650. The van der Waals surface area contributed by atoms with Crippen molar-refractivity contribution in [2.75, 3.05) is 7.05 Å². The SMILES string of the molecule is CCCC(C(N)=S)N(C)C(=O)C1(NC(=O)[C@H](C(C)CC)N(Cc2cccc(F)c2)C(=O)O)CCc2[nH]c3c(Cl)cc(F)cc3c2C1. The monoisotopic (exact) mass is 675 g/mol. The van der Waals surface area contributed by atoms with E-state index in [1.807, 2.05) is 13.8 Å². The smallest absolute Gasteiger partial charge is 0.408 e. The van der Waals surface area contributed by atoms with Gasteiger partial charge in [-0.25, -0.2) is 13.6 Å². The highest BCUT2D eigenvalue weighted by Crippen LogP contribution is 2.38. The maximum absolute atomic E-state index is 14.6. The maximum Gasteiger partial charge on any atom is 0.408 e.